The first-order chi connectivity index (χ1) is 12.7. The van der Waals surface area contributed by atoms with Crippen LogP contribution < -0.4 is 14.3 Å². The van der Waals surface area contributed by atoms with Gasteiger partial charge in [0.2, 0.25) is 0 Å². The summed E-state index contributed by atoms with van der Waals surface area (Å²) in [7, 11) is 3.15. The summed E-state index contributed by atoms with van der Waals surface area (Å²) in [6.07, 6.45) is 2.00. The fraction of sp³-hybridized carbons (Fsp3) is 0.200. The second-order valence-corrected chi connectivity index (χ2v) is 6.63. The molecule has 0 aliphatic carbocycles. The Morgan fingerprint density at radius 3 is 2.69 bits per heavy atom. The fourth-order valence-electron chi connectivity index (χ4n) is 2.72. The first-order valence-electron chi connectivity index (χ1n) is 8.14. The Labute approximate surface area is 155 Å². The number of para-hydroxylation sites is 1. The van der Waals surface area contributed by atoms with E-state index in [1.807, 2.05) is 34.9 Å². The molecule has 0 spiro atoms. The Hall–Kier alpha value is -2.86. The first kappa shape index (κ1) is 17.9. The molecule has 0 saturated carbocycles. The largest absolute Gasteiger partial charge is 0.493 e. The Bertz CT molecular complexity index is 1020. The number of ether oxygens (including phenoxy) is 2. The molecule has 0 fully saturated rings. The minimum absolute atomic E-state index is 0.197. The summed E-state index contributed by atoms with van der Waals surface area (Å²) < 4.78 is 13.6. The van der Waals surface area contributed by atoms with Gasteiger partial charge in [-0.2, -0.15) is 4.99 Å². The highest BCUT2D eigenvalue weighted by Crippen LogP contribution is 2.27. The van der Waals surface area contributed by atoms with E-state index < -0.39 is 0 Å². The predicted molar refractivity (Wildman–Crippen MR) is 104 cm³/mol. The highest BCUT2D eigenvalue weighted by molar-refractivity contribution is 7.16. The van der Waals surface area contributed by atoms with Crippen LogP contribution in [0.3, 0.4) is 0 Å². The smallest absolute Gasteiger partial charge is 0.252 e. The number of nitrogens with zero attached hydrogens (tertiary/aromatic N) is 2. The number of hydrogen-bond acceptors (Lipinski definition) is 4. The van der Waals surface area contributed by atoms with E-state index in [0.717, 1.165) is 15.8 Å². The molecule has 0 radical (unpaired) electrons. The molecule has 0 N–H and O–H groups in total. The summed E-state index contributed by atoms with van der Waals surface area (Å²) in [5.41, 5.74) is 1.88. The third kappa shape index (κ3) is 3.70. The van der Waals surface area contributed by atoms with E-state index in [4.69, 9.17) is 9.47 Å². The molecule has 0 aliphatic rings. The van der Waals surface area contributed by atoms with Gasteiger partial charge < -0.3 is 14.0 Å². The average Bonchev–Trinajstić information content (AvgIpc) is 2.99. The zero-order chi connectivity index (χ0) is 18.5. The van der Waals surface area contributed by atoms with E-state index in [2.05, 4.69) is 11.6 Å². The van der Waals surface area contributed by atoms with Crippen LogP contribution in [0, 0.1) is 0 Å². The van der Waals surface area contributed by atoms with E-state index >= 15 is 0 Å². The lowest BCUT2D eigenvalue weighted by Crippen LogP contribution is -2.16. The molecule has 2 aromatic carbocycles. The van der Waals surface area contributed by atoms with Crippen LogP contribution in [0.15, 0.2) is 60.1 Å². The zero-order valence-corrected chi connectivity index (χ0v) is 15.6. The van der Waals surface area contributed by atoms with Gasteiger partial charge in [0, 0.05) is 6.54 Å². The maximum Gasteiger partial charge on any atom is 0.252 e. The number of aromatic nitrogens is 1. The number of methoxy groups -OCH3 is 2. The Balaban J connectivity index is 1.93. The van der Waals surface area contributed by atoms with Gasteiger partial charge in [-0.1, -0.05) is 35.6 Å². The van der Waals surface area contributed by atoms with Crippen molar-refractivity contribution in [2.24, 2.45) is 4.99 Å². The number of rotatable bonds is 6. The average molecular weight is 368 g/mol. The number of fused-ring (bicyclic) bond motifs is 1. The van der Waals surface area contributed by atoms with Gasteiger partial charge in [-0.25, -0.2) is 0 Å². The predicted octanol–water partition coefficient (Wildman–Crippen LogP) is 3.58. The third-order valence-corrected chi connectivity index (χ3v) is 4.98. The summed E-state index contributed by atoms with van der Waals surface area (Å²) in [6, 6.07) is 13.4. The molecular formula is C20H20N2O3S. The molecule has 0 bridgehead atoms. The van der Waals surface area contributed by atoms with Crippen LogP contribution >= 0.6 is 11.3 Å². The van der Waals surface area contributed by atoms with Crippen molar-refractivity contribution in [3.63, 3.8) is 0 Å². The van der Waals surface area contributed by atoms with E-state index in [1.54, 1.807) is 32.4 Å². The lowest BCUT2D eigenvalue weighted by Gasteiger charge is -2.08. The van der Waals surface area contributed by atoms with Crippen molar-refractivity contribution in [2.45, 2.75) is 13.0 Å². The molecule has 3 aromatic rings. The fourth-order valence-corrected chi connectivity index (χ4v) is 3.78. The molecule has 5 nitrogen and oxygen atoms in total. The van der Waals surface area contributed by atoms with E-state index in [0.29, 0.717) is 22.8 Å². The Morgan fingerprint density at radius 2 is 1.96 bits per heavy atom. The van der Waals surface area contributed by atoms with Gasteiger partial charge in [0.05, 0.1) is 30.9 Å². The van der Waals surface area contributed by atoms with E-state index in [1.165, 1.54) is 11.3 Å². The summed E-state index contributed by atoms with van der Waals surface area (Å²) in [5.74, 6) is 1.02. The second kappa shape index (κ2) is 8.01. The van der Waals surface area contributed by atoms with Gasteiger partial charge in [-0.3, -0.25) is 4.79 Å². The van der Waals surface area contributed by atoms with Crippen LogP contribution in [0.25, 0.3) is 10.2 Å². The molecular weight excluding hydrogens is 348 g/mol. The lowest BCUT2D eigenvalue weighted by atomic mass is 10.1. The highest BCUT2D eigenvalue weighted by Gasteiger charge is 2.10. The molecule has 0 saturated heterocycles. The van der Waals surface area contributed by atoms with Gasteiger partial charge in [0.1, 0.15) is 0 Å². The summed E-state index contributed by atoms with van der Waals surface area (Å²) in [5, 5.41) is 0. The molecule has 134 valence electrons. The number of thiazole rings is 1. The molecule has 0 aliphatic heterocycles. The van der Waals surface area contributed by atoms with Crippen LogP contribution in [0.1, 0.15) is 5.56 Å². The van der Waals surface area contributed by atoms with Gasteiger partial charge in [-0.15, -0.1) is 6.58 Å². The molecule has 1 heterocycles. The number of carbonyl (C=O) groups is 1. The molecule has 26 heavy (non-hydrogen) atoms. The number of hydrogen-bond donors (Lipinski definition) is 0. The minimum atomic E-state index is -0.207. The Morgan fingerprint density at radius 1 is 1.19 bits per heavy atom. The van der Waals surface area contributed by atoms with Crippen molar-refractivity contribution in [2.75, 3.05) is 14.2 Å². The van der Waals surface area contributed by atoms with Gasteiger partial charge in [0.15, 0.2) is 16.3 Å². The number of carbonyl (C=O) groups excluding carboxylic acids is 1. The van der Waals surface area contributed by atoms with Crippen LogP contribution in [-0.2, 0) is 17.8 Å². The number of benzene rings is 2. The minimum Gasteiger partial charge on any atom is -0.493 e. The molecule has 0 unspecified atom stereocenters. The number of allylic oxidation sites excluding steroid dienone is 1. The van der Waals surface area contributed by atoms with Crippen molar-refractivity contribution in [3.8, 4) is 11.5 Å². The summed E-state index contributed by atoms with van der Waals surface area (Å²) in [4.78, 5) is 17.5. The van der Waals surface area contributed by atoms with Crippen molar-refractivity contribution in [3.05, 3.63) is 65.5 Å². The first-order valence-corrected chi connectivity index (χ1v) is 8.95. The normalized spacial score (nSPS) is 11.5. The second-order valence-electron chi connectivity index (χ2n) is 5.62. The molecule has 3 rings (SSSR count). The highest BCUT2D eigenvalue weighted by atomic mass is 32.1. The van der Waals surface area contributed by atoms with Crippen molar-refractivity contribution in [1.29, 1.82) is 0 Å². The van der Waals surface area contributed by atoms with Crippen LogP contribution in [0.5, 0.6) is 11.5 Å². The number of amides is 1. The Kier molecular flexibility index (Phi) is 5.53. The summed E-state index contributed by atoms with van der Waals surface area (Å²) in [6.45, 7) is 4.40. The van der Waals surface area contributed by atoms with E-state index in [-0.39, 0.29) is 12.3 Å². The van der Waals surface area contributed by atoms with Gasteiger partial charge >= 0.3 is 0 Å². The van der Waals surface area contributed by atoms with Gasteiger partial charge in [-0.05, 0) is 29.8 Å². The SMILES string of the molecule is C=CCn1c(=NC(=O)Cc2ccc(OC)c(OC)c2)sc2ccccc21. The van der Waals surface area contributed by atoms with Crippen LogP contribution in [0.4, 0.5) is 0 Å². The molecule has 1 aromatic heterocycles. The van der Waals surface area contributed by atoms with Crippen LogP contribution in [0.2, 0.25) is 0 Å². The maximum absolute atomic E-state index is 12.5. The van der Waals surface area contributed by atoms with Crippen LogP contribution in [-0.4, -0.2) is 24.7 Å². The molecule has 6 heteroatoms. The van der Waals surface area contributed by atoms with Crippen molar-refractivity contribution >= 4 is 27.5 Å². The zero-order valence-electron chi connectivity index (χ0n) is 14.8. The molecule has 0 atom stereocenters. The van der Waals surface area contributed by atoms with E-state index in [9.17, 15) is 4.79 Å². The maximum atomic E-state index is 12.5. The monoisotopic (exact) mass is 368 g/mol. The van der Waals surface area contributed by atoms with Crippen molar-refractivity contribution in [1.82, 2.24) is 4.57 Å². The quantitative estimate of drug-likeness (QED) is 0.625. The summed E-state index contributed by atoms with van der Waals surface area (Å²) >= 11 is 1.50. The third-order valence-electron chi connectivity index (χ3n) is 3.92. The lowest BCUT2D eigenvalue weighted by molar-refractivity contribution is -0.117. The van der Waals surface area contributed by atoms with Gasteiger partial charge in [0.25, 0.3) is 5.91 Å². The standard InChI is InChI=1S/C20H20N2O3S/c1-4-11-22-15-7-5-6-8-18(15)26-20(22)21-19(23)13-14-9-10-16(24-2)17(12-14)25-3/h4-10,12H,1,11,13H2,2-3H3. The molecule has 1 amide bonds. The topological polar surface area (TPSA) is 52.8 Å². The van der Waals surface area contributed by atoms with Crippen molar-refractivity contribution < 1.29 is 14.3 Å².